The summed E-state index contributed by atoms with van der Waals surface area (Å²) in [5.74, 6) is 0.947. The maximum Gasteiger partial charge on any atom is 0.109 e. The Morgan fingerprint density at radius 3 is 2.53 bits per heavy atom. The minimum Gasteiger partial charge on any atom is -0.469 e. The topological polar surface area (TPSA) is 32.2 Å². The van der Waals surface area contributed by atoms with Gasteiger partial charge in [-0.25, -0.2) is 0 Å². The molecule has 0 radical (unpaired) electrons. The van der Waals surface area contributed by atoms with E-state index in [1.54, 1.807) is 6.26 Å². The molecule has 2 heterocycles. The van der Waals surface area contributed by atoms with Crippen molar-refractivity contribution < 1.29 is 4.42 Å². The maximum atomic E-state index is 5.40. The first kappa shape index (κ1) is 11.9. The molecule has 3 rings (SSSR count). The van der Waals surface area contributed by atoms with Crippen LogP contribution < -0.4 is 4.90 Å². The third kappa shape index (κ3) is 1.82. The molecule has 1 N–H and O–H groups in total. The van der Waals surface area contributed by atoms with Crippen LogP contribution >= 0.6 is 0 Å². The number of aryl methyl sites for hydroxylation is 2. The Bertz CT molecular complexity index is 734. The summed E-state index contributed by atoms with van der Waals surface area (Å²) in [6.45, 7) is 4.14. The van der Waals surface area contributed by atoms with Crippen molar-refractivity contribution in [1.29, 1.82) is 0 Å². The summed E-state index contributed by atoms with van der Waals surface area (Å²) >= 11 is 0. The number of nitrogens with one attached hydrogen (secondary N) is 1. The van der Waals surface area contributed by atoms with Gasteiger partial charge in [0, 0.05) is 36.2 Å². The normalized spacial score (nSPS) is 11.2. The average Bonchev–Trinajstić information content (AvgIpc) is 2.93. The van der Waals surface area contributed by atoms with Gasteiger partial charge in [-0.15, -0.1) is 0 Å². The predicted molar refractivity (Wildman–Crippen MR) is 79.8 cm³/mol. The van der Waals surface area contributed by atoms with Gasteiger partial charge in [-0.3, -0.25) is 0 Å². The predicted octanol–water partition coefficient (Wildman–Crippen LogP) is 4.11. The Morgan fingerprint density at radius 2 is 1.89 bits per heavy atom. The van der Waals surface area contributed by atoms with Crippen LogP contribution in [0.25, 0.3) is 22.2 Å². The number of fused-ring (bicyclic) bond motifs is 1. The van der Waals surface area contributed by atoms with Gasteiger partial charge in [0.05, 0.1) is 12.0 Å². The lowest BCUT2D eigenvalue weighted by Crippen LogP contribution is -2.07. The Labute approximate surface area is 112 Å². The van der Waals surface area contributed by atoms with E-state index in [1.807, 2.05) is 13.0 Å². The Morgan fingerprint density at radius 1 is 1.11 bits per heavy atom. The minimum atomic E-state index is 0.947. The van der Waals surface area contributed by atoms with Gasteiger partial charge in [-0.05, 0) is 37.6 Å². The molecule has 1 aromatic carbocycles. The van der Waals surface area contributed by atoms with Gasteiger partial charge in [0.15, 0.2) is 0 Å². The van der Waals surface area contributed by atoms with E-state index in [1.165, 1.54) is 22.2 Å². The molecule has 3 nitrogen and oxygen atoms in total. The first-order valence-electron chi connectivity index (χ1n) is 6.42. The molecule has 0 bridgehead atoms. The van der Waals surface area contributed by atoms with Crippen LogP contribution in [0.5, 0.6) is 0 Å². The number of hydrogen-bond donors (Lipinski definition) is 1. The summed E-state index contributed by atoms with van der Waals surface area (Å²) in [6.07, 6.45) is 1.74. The van der Waals surface area contributed by atoms with E-state index in [0.717, 1.165) is 17.0 Å². The number of aromatic amines is 1. The fourth-order valence-electron chi connectivity index (χ4n) is 2.52. The van der Waals surface area contributed by atoms with Crippen LogP contribution in [0.4, 0.5) is 5.69 Å². The second kappa shape index (κ2) is 4.19. The molecule has 0 unspecified atom stereocenters. The highest BCUT2D eigenvalue weighted by molar-refractivity contribution is 5.92. The van der Waals surface area contributed by atoms with Gasteiger partial charge >= 0.3 is 0 Å². The molecule has 3 heteroatoms. The summed E-state index contributed by atoms with van der Waals surface area (Å²) in [5.41, 5.74) is 5.92. The monoisotopic (exact) mass is 254 g/mol. The molecular formula is C16H18N2O. The molecular weight excluding hydrogens is 236 g/mol. The highest BCUT2D eigenvalue weighted by atomic mass is 16.3. The van der Waals surface area contributed by atoms with Crippen LogP contribution in [0.15, 0.2) is 34.9 Å². The summed E-state index contributed by atoms with van der Waals surface area (Å²) in [7, 11) is 4.11. The van der Waals surface area contributed by atoms with Gasteiger partial charge in [-0.2, -0.15) is 0 Å². The zero-order valence-corrected chi connectivity index (χ0v) is 11.7. The Hall–Kier alpha value is -2.16. The van der Waals surface area contributed by atoms with Crippen molar-refractivity contribution in [2.45, 2.75) is 13.8 Å². The Balaban J connectivity index is 2.23. The number of furan rings is 1. The van der Waals surface area contributed by atoms with Crippen molar-refractivity contribution in [3.8, 4) is 11.3 Å². The van der Waals surface area contributed by atoms with Crippen molar-refractivity contribution in [2.24, 2.45) is 0 Å². The first-order chi connectivity index (χ1) is 9.08. The van der Waals surface area contributed by atoms with E-state index >= 15 is 0 Å². The first-order valence-corrected chi connectivity index (χ1v) is 6.42. The van der Waals surface area contributed by atoms with Crippen LogP contribution in [0, 0.1) is 13.8 Å². The molecule has 98 valence electrons. The van der Waals surface area contributed by atoms with Crippen LogP contribution in [-0.4, -0.2) is 19.1 Å². The molecule has 0 saturated heterocycles. The smallest absolute Gasteiger partial charge is 0.109 e. The minimum absolute atomic E-state index is 0.947. The quantitative estimate of drug-likeness (QED) is 0.746. The second-order valence-electron chi connectivity index (χ2n) is 5.14. The maximum absolute atomic E-state index is 5.40. The van der Waals surface area contributed by atoms with Crippen molar-refractivity contribution >= 4 is 16.6 Å². The molecule has 3 aromatic rings. The molecule has 2 aromatic heterocycles. The van der Waals surface area contributed by atoms with Gasteiger partial charge in [0.2, 0.25) is 0 Å². The van der Waals surface area contributed by atoms with E-state index in [-0.39, 0.29) is 0 Å². The van der Waals surface area contributed by atoms with E-state index in [4.69, 9.17) is 4.42 Å². The van der Waals surface area contributed by atoms with Crippen molar-refractivity contribution in [3.05, 3.63) is 41.9 Å². The molecule has 0 amide bonds. The van der Waals surface area contributed by atoms with Gasteiger partial charge < -0.3 is 14.3 Å². The number of anilines is 1. The molecule has 0 aliphatic carbocycles. The number of aromatic nitrogens is 1. The van der Waals surface area contributed by atoms with Gasteiger partial charge in [-0.1, -0.05) is 6.07 Å². The number of H-pyrrole nitrogens is 1. The fraction of sp³-hybridized carbons (Fsp3) is 0.250. The third-order valence-electron chi connectivity index (χ3n) is 3.69. The largest absolute Gasteiger partial charge is 0.469 e. The number of hydrogen-bond acceptors (Lipinski definition) is 2. The zero-order valence-electron chi connectivity index (χ0n) is 11.7. The molecule has 19 heavy (non-hydrogen) atoms. The molecule has 0 aliphatic rings. The molecule has 0 fully saturated rings. The van der Waals surface area contributed by atoms with Crippen LogP contribution in [-0.2, 0) is 0 Å². The lowest BCUT2D eigenvalue weighted by Gasteiger charge is -2.11. The molecule has 0 aliphatic heterocycles. The van der Waals surface area contributed by atoms with Crippen LogP contribution in [0.3, 0.4) is 0 Å². The van der Waals surface area contributed by atoms with E-state index in [2.05, 4.69) is 49.1 Å². The number of benzene rings is 1. The zero-order chi connectivity index (χ0) is 13.6. The summed E-state index contributed by atoms with van der Waals surface area (Å²) in [5, 5.41) is 1.27. The van der Waals surface area contributed by atoms with Crippen molar-refractivity contribution in [3.63, 3.8) is 0 Å². The van der Waals surface area contributed by atoms with E-state index < -0.39 is 0 Å². The highest BCUT2D eigenvalue weighted by Gasteiger charge is 2.13. The summed E-state index contributed by atoms with van der Waals surface area (Å²) in [6, 6.07) is 8.52. The van der Waals surface area contributed by atoms with Crippen molar-refractivity contribution in [1.82, 2.24) is 4.98 Å². The van der Waals surface area contributed by atoms with Crippen LogP contribution in [0.2, 0.25) is 0 Å². The summed E-state index contributed by atoms with van der Waals surface area (Å²) < 4.78 is 5.40. The van der Waals surface area contributed by atoms with Crippen LogP contribution in [0.1, 0.15) is 11.3 Å². The lowest BCUT2D eigenvalue weighted by atomic mass is 10.1. The molecule has 0 spiro atoms. The highest BCUT2D eigenvalue weighted by Crippen LogP contribution is 2.33. The standard InChI is InChI=1S/C16H18N2O/c1-10-13-6-5-12(18(3)4)9-15(13)17-16(10)14-7-8-19-11(14)2/h5-9,17H,1-4H3. The second-order valence-corrected chi connectivity index (χ2v) is 5.14. The van der Waals surface area contributed by atoms with E-state index in [9.17, 15) is 0 Å². The molecule has 0 saturated carbocycles. The average molecular weight is 254 g/mol. The number of rotatable bonds is 2. The number of nitrogens with zero attached hydrogens (tertiary/aromatic N) is 1. The van der Waals surface area contributed by atoms with Gasteiger partial charge in [0.25, 0.3) is 0 Å². The van der Waals surface area contributed by atoms with E-state index in [0.29, 0.717) is 0 Å². The van der Waals surface area contributed by atoms with Gasteiger partial charge in [0.1, 0.15) is 5.76 Å². The summed E-state index contributed by atoms with van der Waals surface area (Å²) in [4.78, 5) is 5.63. The van der Waals surface area contributed by atoms with Crippen molar-refractivity contribution in [2.75, 3.05) is 19.0 Å². The molecule has 0 atom stereocenters. The SMILES string of the molecule is Cc1occc1-c1[nH]c2cc(N(C)C)ccc2c1C. The lowest BCUT2D eigenvalue weighted by molar-refractivity contribution is 0.535. The Kier molecular flexibility index (Phi) is 2.63. The fourth-order valence-corrected chi connectivity index (χ4v) is 2.52. The third-order valence-corrected chi connectivity index (χ3v) is 3.69.